The minimum absolute atomic E-state index is 0.274. The van der Waals surface area contributed by atoms with Crippen LogP contribution < -0.4 is 4.74 Å². The predicted octanol–water partition coefficient (Wildman–Crippen LogP) is 6.52. The normalized spacial score (nSPS) is 11.3. The fourth-order valence-electron chi connectivity index (χ4n) is 3.34. The lowest BCUT2D eigenvalue weighted by Gasteiger charge is -2.11. The number of nitrogens with zero attached hydrogens (tertiary/aromatic N) is 6. The van der Waals surface area contributed by atoms with Gasteiger partial charge in [0.2, 0.25) is 17.7 Å². The highest BCUT2D eigenvalue weighted by Crippen LogP contribution is 2.33. The highest BCUT2D eigenvalue weighted by molar-refractivity contribution is 6.36. The highest BCUT2D eigenvalue weighted by Gasteiger charge is 2.19. The summed E-state index contributed by atoms with van der Waals surface area (Å²) in [6.07, 6.45) is 4.94. The molecule has 0 atom stereocenters. The van der Waals surface area contributed by atoms with Gasteiger partial charge in [-0.3, -0.25) is 4.57 Å². The van der Waals surface area contributed by atoms with Gasteiger partial charge in [-0.25, -0.2) is 4.98 Å². The van der Waals surface area contributed by atoms with Gasteiger partial charge in [-0.05, 0) is 42.5 Å². The van der Waals surface area contributed by atoms with Crippen molar-refractivity contribution in [2.75, 3.05) is 7.11 Å². The third kappa shape index (κ3) is 4.77. The van der Waals surface area contributed by atoms with Gasteiger partial charge in [-0.15, -0.1) is 20.4 Å². The number of rotatable bonds is 6. The van der Waals surface area contributed by atoms with Gasteiger partial charge in [-0.1, -0.05) is 46.9 Å². The largest absolute Gasteiger partial charge is 0.481 e. The van der Waals surface area contributed by atoms with Crippen molar-refractivity contribution in [2.24, 2.45) is 0 Å². The Morgan fingerprint density at radius 3 is 2.54 bits per heavy atom. The summed E-state index contributed by atoms with van der Waals surface area (Å²) in [4.78, 5) is 4.08. The lowest BCUT2D eigenvalue weighted by atomic mass is 10.2. The van der Waals surface area contributed by atoms with Crippen LogP contribution in [-0.4, -0.2) is 37.1 Å². The van der Waals surface area contributed by atoms with E-state index in [0.29, 0.717) is 55.3 Å². The van der Waals surface area contributed by atoms with Crippen LogP contribution in [0.25, 0.3) is 40.7 Å². The third-order valence-corrected chi connectivity index (χ3v) is 5.83. The number of benzene rings is 2. The van der Waals surface area contributed by atoms with Crippen LogP contribution in [0.1, 0.15) is 11.7 Å². The van der Waals surface area contributed by atoms with Gasteiger partial charge in [0.1, 0.15) is 0 Å². The van der Waals surface area contributed by atoms with Crippen LogP contribution in [-0.2, 0) is 0 Å². The Hall–Kier alpha value is -3.72. The van der Waals surface area contributed by atoms with Crippen molar-refractivity contribution in [1.29, 1.82) is 0 Å². The molecule has 174 valence electrons. The molecule has 3 heterocycles. The molecule has 3 aromatic heterocycles. The molecule has 0 unspecified atom stereocenters. The van der Waals surface area contributed by atoms with Crippen LogP contribution in [0.4, 0.5) is 0 Å². The van der Waals surface area contributed by atoms with Crippen molar-refractivity contribution in [1.82, 2.24) is 29.9 Å². The first kappa shape index (κ1) is 23.0. The molecule has 5 rings (SSSR count). The fraction of sp³-hybridized carbons (Fsp3) is 0.0417. The quantitative estimate of drug-likeness (QED) is 0.249. The van der Waals surface area contributed by atoms with Crippen LogP contribution in [0.2, 0.25) is 15.1 Å². The lowest BCUT2D eigenvalue weighted by molar-refractivity contribution is 0.398. The average molecular weight is 526 g/mol. The van der Waals surface area contributed by atoms with E-state index >= 15 is 0 Å². The van der Waals surface area contributed by atoms with Crippen molar-refractivity contribution >= 4 is 47.0 Å². The summed E-state index contributed by atoms with van der Waals surface area (Å²) in [5, 5.41) is 18.4. The number of halogens is 3. The molecule has 0 saturated carbocycles. The summed E-state index contributed by atoms with van der Waals surface area (Å²) in [7, 11) is 1.54. The molecular weight excluding hydrogens is 511 g/mol. The van der Waals surface area contributed by atoms with E-state index in [9.17, 15) is 0 Å². The molecule has 0 saturated heterocycles. The van der Waals surface area contributed by atoms with E-state index in [4.69, 9.17) is 44.0 Å². The van der Waals surface area contributed by atoms with E-state index < -0.39 is 0 Å². The highest BCUT2D eigenvalue weighted by atomic mass is 35.5. The molecule has 0 spiro atoms. The molecule has 8 nitrogen and oxygen atoms in total. The third-order valence-electron chi connectivity index (χ3n) is 4.96. The first-order valence-corrected chi connectivity index (χ1v) is 11.3. The summed E-state index contributed by atoms with van der Waals surface area (Å²) >= 11 is 19.1. The molecule has 0 radical (unpaired) electrons. The lowest BCUT2D eigenvalue weighted by Crippen LogP contribution is -2.01. The Labute approximate surface area is 214 Å². The van der Waals surface area contributed by atoms with E-state index in [1.54, 1.807) is 59.3 Å². The van der Waals surface area contributed by atoms with Gasteiger partial charge >= 0.3 is 0 Å². The van der Waals surface area contributed by atoms with E-state index in [2.05, 4.69) is 25.4 Å². The maximum atomic E-state index is 6.51. The molecule has 2 aromatic carbocycles. The van der Waals surface area contributed by atoms with E-state index in [1.807, 2.05) is 18.2 Å². The van der Waals surface area contributed by atoms with Crippen molar-refractivity contribution < 1.29 is 9.15 Å². The van der Waals surface area contributed by atoms with Gasteiger partial charge in [0.15, 0.2) is 11.6 Å². The molecule has 0 N–H and O–H groups in total. The number of aromatic nitrogens is 6. The number of hydrogen-bond donors (Lipinski definition) is 0. The minimum Gasteiger partial charge on any atom is -0.481 e. The summed E-state index contributed by atoms with van der Waals surface area (Å²) in [5.41, 5.74) is 2.01. The molecule has 35 heavy (non-hydrogen) atoms. The second kappa shape index (κ2) is 9.87. The number of hydrogen-bond acceptors (Lipinski definition) is 7. The van der Waals surface area contributed by atoms with Gasteiger partial charge in [-0.2, -0.15) is 0 Å². The Balaban J connectivity index is 1.55. The maximum absolute atomic E-state index is 6.51. The predicted molar refractivity (Wildman–Crippen MR) is 135 cm³/mol. The molecule has 11 heteroatoms. The summed E-state index contributed by atoms with van der Waals surface area (Å²) in [6.45, 7) is 0. The SMILES string of the molecule is COc1cc(-c2nnc(C=Cc3nnc(-c4ccc(Cl)cc4Cl)n3-c3ccccc3Cl)o2)ccn1. The molecule has 0 amide bonds. The average Bonchev–Trinajstić information content (AvgIpc) is 3.50. The van der Waals surface area contributed by atoms with Gasteiger partial charge in [0.05, 0.1) is 22.8 Å². The van der Waals surface area contributed by atoms with E-state index in [-0.39, 0.29) is 5.89 Å². The molecule has 5 aromatic rings. The van der Waals surface area contributed by atoms with Crippen LogP contribution in [0.3, 0.4) is 0 Å². The standard InChI is InChI=1S/C24H15Cl3N6O2/c1-34-22-12-14(10-11-28-22)24-32-30-21(35-24)9-8-20-29-31-23(16-7-6-15(25)13-18(16)27)33(20)19-5-3-2-4-17(19)26/h2-13H,1H3. The molecule has 0 aliphatic heterocycles. The Morgan fingerprint density at radius 1 is 0.886 bits per heavy atom. The van der Waals surface area contributed by atoms with Crippen LogP contribution >= 0.6 is 34.8 Å². The summed E-state index contributed by atoms with van der Waals surface area (Å²) in [5.74, 6) is 2.01. The molecule has 0 fully saturated rings. The topological polar surface area (TPSA) is 91.8 Å². The number of para-hydroxylation sites is 1. The number of ether oxygens (including phenoxy) is 1. The van der Waals surface area contributed by atoms with Crippen molar-refractivity contribution in [3.05, 3.63) is 87.6 Å². The zero-order valence-corrected chi connectivity index (χ0v) is 20.3. The van der Waals surface area contributed by atoms with Crippen LogP contribution in [0.5, 0.6) is 5.88 Å². The second-order valence-corrected chi connectivity index (χ2v) is 8.41. The molecule has 0 bridgehead atoms. The summed E-state index contributed by atoms with van der Waals surface area (Å²) < 4.78 is 12.7. The molecule has 0 aliphatic carbocycles. The van der Waals surface area contributed by atoms with E-state index in [0.717, 1.165) is 0 Å². The monoisotopic (exact) mass is 524 g/mol. The van der Waals surface area contributed by atoms with Gasteiger partial charge in [0.25, 0.3) is 0 Å². The molecule has 0 aliphatic rings. The Kier molecular flexibility index (Phi) is 6.50. The van der Waals surface area contributed by atoms with Crippen molar-refractivity contribution in [3.63, 3.8) is 0 Å². The van der Waals surface area contributed by atoms with Crippen LogP contribution in [0.15, 0.2) is 65.2 Å². The van der Waals surface area contributed by atoms with Crippen LogP contribution in [0, 0.1) is 0 Å². The van der Waals surface area contributed by atoms with Gasteiger partial charge in [0, 0.05) is 34.5 Å². The van der Waals surface area contributed by atoms with E-state index in [1.165, 1.54) is 7.11 Å². The first-order valence-electron chi connectivity index (χ1n) is 10.2. The number of methoxy groups -OCH3 is 1. The minimum atomic E-state index is 0.274. The maximum Gasteiger partial charge on any atom is 0.248 e. The number of pyridine rings is 1. The van der Waals surface area contributed by atoms with Gasteiger partial charge < -0.3 is 9.15 Å². The smallest absolute Gasteiger partial charge is 0.248 e. The Bertz CT molecular complexity index is 1550. The van der Waals surface area contributed by atoms with Crippen molar-refractivity contribution in [2.45, 2.75) is 0 Å². The Morgan fingerprint density at radius 2 is 1.74 bits per heavy atom. The fourth-order valence-corrected chi connectivity index (χ4v) is 4.05. The first-order chi connectivity index (χ1) is 17.0. The second-order valence-electron chi connectivity index (χ2n) is 7.16. The summed E-state index contributed by atoms with van der Waals surface area (Å²) in [6, 6.07) is 16.0. The zero-order chi connectivity index (χ0) is 24.4. The van der Waals surface area contributed by atoms with Crippen molar-refractivity contribution in [3.8, 4) is 34.4 Å². The molecular formula is C24H15Cl3N6O2. The zero-order valence-electron chi connectivity index (χ0n) is 18.1.